The number of pyridine rings is 1. The van der Waals surface area contributed by atoms with Crippen LogP contribution in [0.25, 0.3) is 0 Å². The molecule has 0 aromatic carbocycles. The molecule has 3 rings (SSSR count). The summed E-state index contributed by atoms with van der Waals surface area (Å²) in [6, 6.07) is 1.55. The number of aromatic nitrogens is 2. The number of aryl methyl sites for hydroxylation is 3. The van der Waals surface area contributed by atoms with Crippen LogP contribution in [0.15, 0.2) is 16.7 Å². The van der Waals surface area contributed by atoms with Crippen molar-refractivity contribution in [3.63, 3.8) is 0 Å². The van der Waals surface area contributed by atoms with Crippen molar-refractivity contribution in [2.75, 3.05) is 25.0 Å². The van der Waals surface area contributed by atoms with Crippen LogP contribution >= 0.6 is 0 Å². The predicted molar refractivity (Wildman–Crippen MR) is 98.1 cm³/mol. The lowest BCUT2D eigenvalue weighted by molar-refractivity contribution is -0.385. The molecule has 0 spiro atoms. The molecule has 0 aliphatic carbocycles. The summed E-state index contributed by atoms with van der Waals surface area (Å²) in [5, 5.41) is 14.1. The molecule has 0 bridgehead atoms. The number of nitrogens with zero attached hydrogens (tertiary/aromatic N) is 4. The number of rotatable bonds is 6. The van der Waals surface area contributed by atoms with Gasteiger partial charge in [0.1, 0.15) is 17.8 Å². The van der Waals surface area contributed by atoms with Gasteiger partial charge in [0.05, 0.1) is 17.2 Å². The number of piperidine rings is 1. The van der Waals surface area contributed by atoms with Crippen molar-refractivity contribution in [1.29, 1.82) is 0 Å². The highest BCUT2D eigenvalue weighted by atomic mass is 16.6. The van der Waals surface area contributed by atoms with Gasteiger partial charge in [0.15, 0.2) is 0 Å². The third-order valence-corrected chi connectivity index (χ3v) is 4.97. The minimum Gasteiger partial charge on any atom is -0.444 e. The van der Waals surface area contributed by atoms with Crippen molar-refractivity contribution < 1.29 is 9.34 Å². The Morgan fingerprint density at radius 2 is 2.08 bits per heavy atom. The highest BCUT2D eigenvalue weighted by Gasteiger charge is 2.21. The summed E-state index contributed by atoms with van der Waals surface area (Å²) in [4.78, 5) is 21.4. The molecule has 0 radical (unpaired) electrons. The first-order valence-electron chi connectivity index (χ1n) is 8.92. The Hall–Kier alpha value is -2.48. The SMILES string of the molecule is Cc1cc([N+](=O)[O-])cnc1NCC1CCN(Cc2nc(C)c(C)o2)CC1. The summed E-state index contributed by atoms with van der Waals surface area (Å²) in [6.07, 6.45) is 3.49. The topological polar surface area (TPSA) is 97.3 Å². The molecule has 3 heterocycles. The molecule has 8 nitrogen and oxygen atoms in total. The van der Waals surface area contributed by atoms with E-state index < -0.39 is 4.92 Å². The van der Waals surface area contributed by atoms with E-state index in [4.69, 9.17) is 4.42 Å². The fraction of sp³-hybridized carbons (Fsp3) is 0.556. The molecule has 2 aromatic heterocycles. The van der Waals surface area contributed by atoms with E-state index in [0.717, 1.165) is 67.7 Å². The van der Waals surface area contributed by atoms with Gasteiger partial charge >= 0.3 is 0 Å². The summed E-state index contributed by atoms with van der Waals surface area (Å²) in [7, 11) is 0. The first kappa shape index (κ1) is 18.3. The Kier molecular flexibility index (Phi) is 5.51. The summed E-state index contributed by atoms with van der Waals surface area (Å²) >= 11 is 0. The van der Waals surface area contributed by atoms with Crippen molar-refractivity contribution in [2.24, 2.45) is 5.92 Å². The van der Waals surface area contributed by atoms with Gasteiger partial charge in [-0.25, -0.2) is 9.97 Å². The van der Waals surface area contributed by atoms with E-state index in [1.54, 1.807) is 6.07 Å². The normalized spacial score (nSPS) is 16.0. The van der Waals surface area contributed by atoms with E-state index in [1.807, 2.05) is 20.8 Å². The molecule has 1 saturated heterocycles. The van der Waals surface area contributed by atoms with Gasteiger partial charge in [0.2, 0.25) is 5.89 Å². The molecule has 8 heteroatoms. The van der Waals surface area contributed by atoms with E-state index >= 15 is 0 Å². The van der Waals surface area contributed by atoms with E-state index in [9.17, 15) is 10.1 Å². The summed E-state index contributed by atoms with van der Waals surface area (Å²) < 4.78 is 5.67. The second kappa shape index (κ2) is 7.82. The van der Waals surface area contributed by atoms with Crippen molar-refractivity contribution in [3.05, 3.63) is 45.3 Å². The average Bonchev–Trinajstić information content (AvgIpc) is 2.92. The lowest BCUT2D eigenvalue weighted by Gasteiger charge is -2.31. The van der Waals surface area contributed by atoms with Crippen LogP contribution in [0.4, 0.5) is 11.5 Å². The molecule has 1 fully saturated rings. The number of hydrogen-bond donors (Lipinski definition) is 1. The third kappa shape index (κ3) is 4.37. The molecule has 26 heavy (non-hydrogen) atoms. The quantitative estimate of drug-likeness (QED) is 0.624. The number of likely N-dealkylation sites (tertiary alicyclic amines) is 1. The highest BCUT2D eigenvalue weighted by molar-refractivity contribution is 5.48. The molecule has 140 valence electrons. The van der Waals surface area contributed by atoms with Gasteiger partial charge in [-0.15, -0.1) is 0 Å². The Bertz CT molecular complexity index is 762. The maximum Gasteiger partial charge on any atom is 0.287 e. The van der Waals surface area contributed by atoms with E-state index in [0.29, 0.717) is 5.92 Å². The monoisotopic (exact) mass is 359 g/mol. The van der Waals surface area contributed by atoms with Crippen molar-refractivity contribution in [1.82, 2.24) is 14.9 Å². The van der Waals surface area contributed by atoms with Gasteiger partial charge in [0, 0.05) is 12.6 Å². The van der Waals surface area contributed by atoms with Crippen LogP contribution < -0.4 is 5.32 Å². The fourth-order valence-electron chi connectivity index (χ4n) is 3.23. The van der Waals surface area contributed by atoms with Crippen molar-refractivity contribution >= 4 is 11.5 Å². The van der Waals surface area contributed by atoms with Crippen LogP contribution in [0.5, 0.6) is 0 Å². The molecular formula is C18H25N5O3. The molecule has 0 atom stereocenters. The van der Waals surface area contributed by atoms with Crippen LogP contribution in [-0.4, -0.2) is 39.4 Å². The Morgan fingerprint density at radius 1 is 1.35 bits per heavy atom. The number of nitro groups is 1. The Labute approximate surface area is 152 Å². The smallest absolute Gasteiger partial charge is 0.287 e. The lowest BCUT2D eigenvalue weighted by atomic mass is 9.97. The van der Waals surface area contributed by atoms with Crippen molar-refractivity contribution in [2.45, 2.75) is 40.2 Å². The number of oxazole rings is 1. The zero-order valence-corrected chi connectivity index (χ0v) is 15.5. The van der Waals surface area contributed by atoms with Crippen LogP contribution in [0.3, 0.4) is 0 Å². The first-order chi connectivity index (χ1) is 12.4. The highest BCUT2D eigenvalue weighted by Crippen LogP contribution is 2.22. The Morgan fingerprint density at radius 3 is 2.65 bits per heavy atom. The molecule has 1 aliphatic rings. The molecule has 0 saturated carbocycles. The van der Waals surface area contributed by atoms with Crippen LogP contribution in [-0.2, 0) is 6.54 Å². The number of anilines is 1. The van der Waals surface area contributed by atoms with Crippen LogP contribution in [0.1, 0.15) is 35.7 Å². The summed E-state index contributed by atoms with van der Waals surface area (Å²) in [6.45, 7) is 9.37. The summed E-state index contributed by atoms with van der Waals surface area (Å²) in [5.41, 5.74) is 1.79. The van der Waals surface area contributed by atoms with Crippen molar-refractivity contribution in [3.8, 4) is 0 Å². The van der Waals surface area contributed by atoms with Crippen LogP contribution in [0, 0.1) is 36.8 Å². The first-order valence-corrected chi connectivity index (χ1v) is 8.92. The second-order valence-electron chi connectivity index (χ2n) is 6.97. The van der Waals surface area contributed by atoms with Gasteiger partial charge in [0.25, 0.3) is 5.69 Å². The fourth-order valence-corrected chi connectivity index (χ4v) is 3.23. The van der Waals surface area contributed by atoms with E-state index in [2.05, 4.69) is 20.2 Å². The maximum atomic E-state index is 10.8. The van der Waals surface area contributed by atoms with Gasteiger partial charge < -0.3 is 9.73 Å². The average molecular weight is 359 g/mol. The molecule has 1 N–H and O–H groups in total. The van der Waals surface area contributed by atoms with Gasteiger partial charge in [-0.05, 0) is 58.2 Å². The van der Waals surface area contributed by atoms with E-state index in [1.165, 1.54) is 6.20 Å². The zero-order valence-electron chi connectivity index (χ0n) is 15.5. The number of nitrogens with one attached hydrogen (secondary N) is 1. The molecule has 1 aliphatic heterocycles. The van der Waals surface area contributed by atoms with Gasteiger partial charge in [-0.2, -0.15) is 0 Å². The largest absolute Gasteiger partial charge is 0.444 e. The summed E-state index contributed by atoms with van der Waals surface area (Å²) in [5.74, 6) is 2.98. The third-order valence-electron chi connectivity index (χ3n) is 4.97. The van der Waals surface area contributed by atoms with Gasteiger partial charge in [-0.1, -0.05) is 0 Å². The lowest BCUT2D eigenvalue weighted by Crippen LogP contribution is -2.35. The van der Waals surface area contributed by atoms with Gasteiger partial charge in [-0.3, -0.25) is 15.0 Å². The van der Waals surface area contributed by atoms with E-state index in [-0.39, 0.29) is 5.69 Å². The minimum absolute atomic E-state index is 0.0263. The maximum absolute atomic E-state index is 10.8. The molecular weight excluding hydrogens is 334 g/mol. The predicted octanol–water partition coefficient (Wildman–Crippen LogP) is 3.23. The standard InChI is InChI=1S/C18H25N5O3/c1-12-8-16(23(24)25)10-20-18(12)19-9-15-4-6-22(7-5-15)11-17-21-13(2)14(3)26-17/h8,10,15H,4-7,9,11H2,1-3H3,(H,19,20). The molecule has 2 aromatic rings. The van der Waals surface area contributed by atoms with Crippen LogP contribution in [0.2, 0.25) is 0 Å². The Balaban J connectivity index is 1.46. The minimum atomic E-state index is -0.420. The number of hydrogen-bond acceptors (Lipinski definition) is 7. The molecule has 0 amide bonds. The zero-order chi connectivity index (χ0) is 18.7. The molecule has 0 unspecified atom stereocenters. The second-order valence-corrected chi connectivity index (χ2v) is 6.97.